The van der Waals surface area contributed by atoms with Crippen LogP contribution in [0.15, 0.2) is 48.5 Å². The van der Waals surface area contributed by atoms with Gasteiger partial charge in [0.05, 0.1) is 18.8 Å². The van der Waals surface area contributed by atoms with E-state index in [0.717, 1.165) is 12.1 Å². The summed E-state index contributed by atoms with van der Waals surface area (Å²) in [5.74, 6) is -1.63. The monoisotopic (exact) mass is 365 g/mol. The second kappa shape index (κ2) is 9.73. The standard InChI is InChI=1S/C12H15F2NO2.C8H10O/c13-9-1-2-10(11(14)5-9)12(15)7-17-4-3-8(12)6-16;1-9-7-8-5-3-2-4-6-8/h1-2,5,8,16H,3-4,6-7,15H2;2-6H,7H2,1H3. The van der Waals surface area contributed by atoms with E-state index in [1.54, 1.807) is 7.11 Å². The molecule has 0 saturated carbocycles. The SMILES string of the molecule is COCc1ccccc1.NC1(c2ccc(F)cc2F)COCCC1CO. The van der Waals surface area contributed by atoms with Crippen molar-refractivity contribution in [1.82, 2.24) is 0 Å². The summed E-state index contributed by atoms with van der Waals surface area (Å²) in [7, 11) is 1.70. The summed E-state index contributed by atoms with van der Waals surface area (Å²) < 4.78 is 36.8. The molecule has 2 unspecified atom stereocenters. The third-order valence-electron chi connectivity index (χ3n) is 4.49. The van der Waals surface area contributed by atoms with Crippen LogP contribution < -0.4 is 5.73 Å². The predicted octanol–water partition coefficient (Wildman–Crippen LogP) is 2.98. The van der Waals surface area contributed by atoms with Crippen LogP contribution in [-0.2, 0) is 21.6 Å². The van der Waals surface area contributed by atoms with Crippen LogP contribution >= 0.6 is 0 Å². The van der Waals surface area contributed by atoms with Gasteiger partial charge < -0.3 is 20.3 Å². The molecule has 4 nitrogen and oxygen atoms in total. The first-order valence-electron chi connectivity index (χ1n) is 8.47. The lowest BCUT2D eigenvalue weighted by molar-refractivity contribution is -0.0244. The number of hydrogen-bond acceptors (Lipinski definition) is 4. The van der Waals surface area contributed by atoms with Crippen molar-refractivity contribution < 1.29 is 23.4 Å². The molecule has 6 heteroatoms. The Morgan fingerprint density at radius 3 is 2.58 bits per heavy atom. The van der Waals surface area contributed by atoms with Gasteiger partial charge in [-0.25, -0.2) is 8.78 Å². The average Bonchev–Trinajstić information content (AvgIpc) is 2.63. The minimum atomic E-state index is -1.09. The van der Waals surface area contributed by atoms with Gasteiger partial charge in [0, 0.05) is 37.9 Å². The van der Waals surface area contributed by atoms with Crippen LogP contribution in [0, 0.1) is 17.6 Å². The minimum Gasteiger partial charge on any atom is -0.396 e. The molecular weight excluding hydrogens is 340 g/mol. The van der Waals surface area contributed by atoms with Crippen molar-refractivity contribution in [3.8, 4) is 0 Å². The lowest BCUT2D eigenvalue weighted by atomic mass is 9.76. The molecule has 0 bridgehead atoms. The van der Waals surface area contributed by atoms with Gasteiger partial charge in [0.2, 0.25) is 0 Å². The Morgan fingerprint density at radius 1 is 1.23 bits per heavy atom. The fourth-order valence-electron chi connectivity index (χ4n) is 3.00. The first-order valence-corrected chi connectivity index (χ1v) is 8.47. The van der Waals surface area contributed by atoms with Crippen molar-refractivity contribution in [2.75, 3.05) is 26.9 Å². The van der Waals surface area contributed by atoms with Crippen LogP contribution in [0.5, 0.6) is 0 Å². The molecule has 0 aromatic heterocycles. The van der Waals surface area contributed by atoms with Crippen LogP contribution in [0.4, 0.5) is 8.78 Å². The lowest BCUT2D eigenvalue weighted by Crippen LogP contribution is -2.53. The summed E-state index contributed by atoms with van der Waals surface area (Å²) in [6.07, 6.45) is 0.559. The summed E-state index contributed by atoms with van der Waals surface area (Å²) in [6.45, 7) is 1.19. The Morgan fingerprint density at radius 2 is 1.96 bits per heavy atom. The molecule has 0 radical (unpaired) electrons. The Labute approximate surface area is 152 Å². The number of hydrogen-bond donors (Lipinski definition) is 2. The zero-order valence-electron chi connectivity index (χ0n) is 14.8. The molecule has 1 aliphatic rings. The average molecular weight is 365 g/mol. The molecule has 26 heavy (non-hydrogen) atoms. The lowest BCUT2D eigenvalue weighted by Gasteiger charge is -2.40. The van der Waals surface area contributed by atoms with Crippen LogP contribution in [0.1, 0.15) is 17.5 Å². The highest BCUT2D eigenvalue weighted by molar-refractivity contribution is 5.28. The molecule has 3 rings (SSSR count). The van der Waals surface area contributed by atoms with E-state index in [1.807, 2.05) is 30.3 Å². The van der Waals surface area contributed by atoms with E-state index in [4.69, 9.17) is 15.2 Å². The molecular formula is C20H25F2NO3. The normalized spacial score (nSPS) is 22.4. The molecule has 2 aromatic rings. The van der Waals surface area contributed by atoms with E-state index >= 15 is 0 Å². The van der Waals surface area contributed by atoms with Crippen molar-refractivity contribution in [2.45, 2.75) is 18.6 Å². The number of halogens is 2. The number of nitrogens with two attached hydrogens (primary N) is 1. The van der Waals surface area contributed by atoms with Gasteiger partial charge in [-0.3, -0.25) is 0 Å². The van der Waals surface area contributed by atoms with Gasteiger partial charge in [-0.05, 0) is 18.1 Å². The van der Waals surface area contributed by atoms with E-state index in [9.17, 15) is 13.9 Å². The molecule has 0 amide bonds. The van der Waals surface area contributed by atoms with Crippen LogP contribution in [0.3, 0.4) is 0 Å². The van der Waals surface area contributed by atoms with Gasteiger partial charge >= 0.3 is 0 Å². The third-order valence-corrected chi connectivity index (χ3v) is 4.49. The maximum atomic E-state index is 13.7. The second-order valence-corrected chi connectivity index (χ2v) is 6.30. The summed E-state index contributed by atoms with van der Waals surface area (Å²) >= 11 is 0. The quantitative estimate of drug-likeness (QED) is 0.874. The summed E-state index contributed by atoms with van der Waals surface area (Å²) in [6, 6.07) is 13.4. The van der Waals surface area contributed by atoms with E-state index in [0.29, 0.717) is 19.6 Å². The third kappa shape index (κ3) is 5.08. The topological polar surface area (TPSA) is 64.7 Å². The summed E-state index contributed by atoms with van der Waals surface area (Å²) in [5, 5.41) is 9.30. The number of aliphatic hydroxyl groups excluding tert-OH is 1. The molecule has 1 heterocycles. The zero-order chi connectivity index (χ0) is 19.0. The predicted molar refractivity (Wildman–Crippen MR) is 95.4 cm³/mol. The fraction of sp³-hybridized carbons (Fsp3) is 0.400. The number of benzene rings is 2. The van der Waals surface area contributed by atoms with Crippen molar-refractivity contribution in [3.63, 3.8) is 0 Å². The first kappa shape index (κ1) is 20.5. The van der Waals surface area contributed by atoms with E-state index in [1.165, 1.54) is 11.6 Å². The van der Waals surface area contributed by atoms with E-state index < -0.39 is 17.2 Å². The highest BCUT2D eigenvalue weighted by atomic mass is 19.1. The van der Waals surface area contributed by atoms with Gasteiger partial charge in [0.25, 0.3) is 0 Å². The number of aliphatic hydroxyl groups is 1. The van der Waals surface area contributed by atoms with Crippen molar-refractivity contribution >= 4 is 0 Å². The molecule has 1 saturated heterocycles. The van der Waals surface area contributed by atoms with Gasteiger partial charge in [-0.1, -0.05) is 36.4 Å². The van der Waals surface area contributed by atoms with Gasteiger partial charge in [0.15, 0.2) is 0 Å². The molecule has 0 aliphatic carbocycles. The van der Waals surface area contributed by atoms with Crippen LogP contribution in [0.2, 0.25) is 0 Å². The maximum absolute atomic E-state index is 13.7. The highest BCUT2D eigenvalue weighted by Crippen LogP contribution is 2.34. The van der Waals surface area contributed by atoms with E-state index in [-0.39, 0.29) is 24.7 Å². The van der Waals surface area contributed by atoms with Crippen molar-refractivity contribution in [1.29, 1.82) is 0 Å². The molecule has 3 N–H and O–H groups in total. The molecule has 142 valence electrons. The number of methoxy groups -OCH3 is 1. The van der Waals surface area contributed by atoms with Crippen molar-refractivity contribution in [2.24, 2.45) is 11.7 Å². The fourth-order valence-corrected chi connectivity index (χ4v) is 3.00. The van der Waals surface area contributed by atoms with Gasteiger partial charge in [-0.2, -0.15) is 0 Å². The second-order valence-electron chi connectivity index (χ2n) is 6.30. The molecule has 0 spiro atoms. The minimum absolute atomic E-state index is 0.126. The molecule has 1 aliphatic heterocycles. The Balaban J connectivity index is 0.000000228. The highest BCUT2D eigenvalue weighted by Gasteiger charge is 2.41. The largest absolute Gasteiger partial charge is 0.396 e. The first-order chi connectivity index (χ1) is 12.5. The molecule has 1 fully saturated rings. The summed E-state index contributed by atoms with van der Waals surface area (Å²) in [5.41, 5.74) is 6.46. The number of rotatable bonds is 4. The van der Waals surface area contributed by atoms with Gasteiger partial charge in [0.1, 0.15) is 11.6 Å². The Hall–Kier alpha value is -1.86. The van der Waals surface area contributed by atoms with Crippen LogP contribution in [0.25, 0.3) is 0 Å². The van der Waals surface area contributed by atoms with Crippen LogP contribution in [-0.4, -0.2) is 32.0 Å². The summed E-state index contributed by atoms with van der Waals surface area (Å²) in [4.78, 5) is 0. The Bertz CT molecular complexity index is 684. The maximum Gasteiger partial charge on any atom is 0.131 e. The zero-order valence-corrected chi connectivity index (χ0v) is 14.8. The Kier molecular flexibility index (Phi) is 7.66. The molecule has 2 atom stereocenters. The molecule has 2 aromatic carbocycles. The van der Waals surface area contributed by atoms with Gasteiger partial charge in [-0.15, -0.1) is 0 Å². The number of ether oxygens (including phenoxy) is 2. The van der Waals surface area contributed by atoms with Crippen molar-refractivity contribution in [3.05, 3.63) is 71.3 Å². The smallest absolute Gasteiger partial charge is 0.131 e. The van der Waals surface area contributed by atoms with E-state index in [2.05, 4.69) is 0 Å².